The molecule has 0 aromatic carbocycles. The Morgan fingerprint density at radius 3 is 2.87 bits per heavy atom. The highest BCUT2D eigenvalue weighted by atomic mass is 16.1. The Morgan fingerprint density at radius 2 is 2.27 bits per heavy atom. The van der Waals surface area contributed by atoms with Crippen LogP contribution in [0.2, 0.25) is 0 Å². The minimum absolute atomic E-state index is 0.0433. The van der Waals surface area contributed by atoms with Crippen LogP contribution < -0.4 is 10.6 Å². The Morgan fingerprint density at radius 1 is 1.53 bits per heavy atom. The van der Waals surface area contributed by atoms with E-state index in [-0.39, 0.29) is 5.91 Å². The van der Waals surface area contributed by atoms with E-state index in [0.717, 1.165) is 24.3 Å². The highest BCUT2D eigenvalue weighted by Gasteiger charge is 2.25. The second kappa shape index (κ2) is 4.04. The van der Waals surface area contributed by atoms with Crippen molar-refractivity contribution in [1.82, 2.24) is 10.6 Å². The Labute approximate surface area is 89.8 Å². The topological polar surface area (TPSA) is 53.5 Å². The molecule has 1 amide bonds. The number of amidine groups is 1. The van der Waals surface area contributed by atoms with Crippen molar-refractivity contribution in [2.75, 3.05) is 6.54 Å². The molecule has 0 atom stereocenters. The number of hydrogen-bond donors (Lipinski definition) is 2. The second-order valence-corrected chi connectivity index (χ2v) is 4.42. The first-order chi connectivity index (χ1) is 7.15. The van der Waals surface area contributed by atoms with Crippen molar-refractivity contribution in [3.63, 3.8) is 0 Å². The van der Waals surface area contributed by atoms with Crippen LogP contribution in [0.25, 0.3) is 0 Å². The average Bonchev–Trinajstić information content (AvgIpc) is 2.83. The molecule has 0 unspecified atom stereocenters. The molecule has 0 aromatic rings. The normalized spacial score (nSPS) is 19.9. The van der Waals surface area contributed by atoms with Gasteiger partial charge in [0.1, 0.15) is 5.84 Å². The lowest BCUT2D eigenvalue weighted by atomic mass is 10.2. The number of carbonyl (C=O) groups is 1. The number of rotatable bonds is 3. The maximum atomic E-state index is 11.6. The lowest BCUT2D eigenvalue weighted by Gasteiger charge is -2.06. The number of amides is 1. The van der Waals surface area contributed by atoms with Crippen LogP contribution in [0.5, 0.6) is 0 Å². The van der Waals surface area contributed by atoms with Gasteiger partial charge in [0.15, 0.2) is 0 Å². The lowest BCUT2D eigenvalue weighted by Crippen LogP contribution is -2.29. The molecule has 1 fully saturated rings. The zero-order valence-electron chi connectivity index (χ0n) is 9.21. The summed E-state index contributed by atoms with van der Waals surface area (Å²) in [6.07, 6.45) is 4.09. The Bertz CT molecular complexity index is 327. The summed E-state index contributed by atoms with van der Waals surface area (Å²) in [6.45, 7) is 4.62. The van der Waals surface area contributed by atoms with Crippen molar-refractivity contribution in [2.45, 2.75) is 38.8 Å². The molecule has 2 rings (SSSR count). The summed E-state index contributed by atoms with van der Waals surface area (Å²) in [6, 6.07) is 0.770. The molecule has 2 N–H and O–H groups in total. The van der Waals surface area contributed by atoms with Gasteiger partial charge in [0.2, 0.25) is 5.91 Å². The van der Waals surface area contributed by atoms with Crippen molar-refractivity contribution in [3.8, 4) is 0 Å². The van der Waals surface area contributed by atoms with Crippen LogP contribution in [0.3, 0.4) is 0 Å². The summed E-state index contributed by atoms with van der Waals surface area (Å²) >= 11 is 0. The summed E-state index contributed by atoms with van der Waals surface area (Å²) in [5.41, 5.74) is 0.769. The van der Waals surface area contributed by atoms with Gasteiger partial charge in [0.25, 0.3) is 0 Å². The van der Waals surface area contributed by atoms with Crippen LogP contribution in [-0.2, 0) is 4.79 Å². The molecule has 2 aliphatic rings. The number of carbonyl (C=O) groups excluding carboxylic acids is 1. The lowest BCUT2D eigenvalue weighted by molar-refractivity contribution is -0.117. The van der Waals surface area contributed by atoms with Crippen molar-refractivity contribution < 1.29 is 4.79 Å². The number of nitrogens with zero attached hydrogens (tertiary/aromatic N) is 1. The number of aliphatic imine (C=N–C) groups is 1. The molecule has 0 radical (unpaired) electrons. The zero-order chi connectivity index (χ0) is 10.8. The van der Waals surface area contributed by atoms with E-state index >= 15 is 0 Å². The first kappa shape index (κ1) is 10.2. The van der Waals surface area contributed by atoms with E-state index < -0.39 is 0 Å². The third kappa shape index (κ3) is 2.81. The van der Waals surface area contributed by atoms with Crippen LogP contribution in [0.15, 0.2) is 16.6 Å². The molecule has 0 saturated heterocycles. The Kier molecular flexibility index (Phi) is 2.75. The van der Waals surface area contributed by atoms with Crippen LogP contribution in [-0.4, -0.2) is 30.4 Å². The van der Waals surface area contributed by atoms with Gasteiger partial charge in [-0.25, -0.2) is 0 Å². The predicted molar refractivity (Wildman–Crippen MR) is 59.8 cm³/mol. The van der Waals surface area contributed by atoms with Crippen LogP contribution in [0.4, 0.5) is 0 Å². The van der Waals surface area contributed by atoms with Gasteiger partial charge >= 0.3 is 0 Å². The maximum Gasteiger partial charge on any atom is 0.249 e. The largest absolute Gasteiger partial charge is 0.368 e. The molecule has 82 valence electrons. The average molecular weight is 207 g/mol. The summed E-state index contributed by atoms with van der Waals surface area (Å²) in [7, 11) is 0. The van der Waals surface area contributed by atoms with E-state index in [0.29, 0.717) is 18.6 Å². The quantitative estimate of drug-likeness (QED) is 0.712. The predicted octanol–water partition coefficient (Wildman–Crippen LogP) is 0.601. The van der Waals surface area contributed by atoms with Gasteiger partial charge in [-0.2, -0.15) is 0 Å². The maximum absolute atomic E-state index is 11.6. The first-order valence-corrected chi connectivity index (χ1v) is 5.47. The molecule has 4 heteroatoms. The van der Waals surface area contributed by atoms with Crippen molar-refractivity contribution >= 4 is 11.7 Å². The molecule has 1 aliphatic carbocycles. The smallest absolute Gasteiger partial charge is 0.249 e. The monoisotopic (exact) mass is 207 g/mol. The Balaban J connectivity index is 1.87. The van der Waals surface area contributed by atoms with Gasteiger partial charge in [-0.1, -0.05) is 0 Å². The van der Waals surface area contributed by atoms with Gasteiger partial charge in [-0.3, -0.25) is 9.79 Å². The van der Waals surface area contributed by atoms with E-state index in [4.69, 9.17) is 0 Å². The fourth-order valence-electron chi connectivity index (χ4n) is 1.45. The fourth-order valence-corrected chi connectivity index (χ4v) is 1.45. The van der Waals surface area contributed by atoms with E-state index in [1.165, 1.54) is 0 Å². The van der Waals surface area contributed by atoms with E-state index in [1.54, 1.807) is 0 Å². The van der Waals surface area contributed by atoms with Gasteiger partial charge in [-0.05, 0) is 32.8 Å². The summed E-state index contributed by atoms with van der Waals surface area (Å²) < 4.78 is 0. The van der Waals surface area contributed by atoms with E-state index in [1.807, 2.05) is 6.08 Å². The third-order valence-electron chi connectivity index (χ3n) is 2.37. The molecule has 0 bridgehead atoms. The van der Waals surface area contributed by atoms with E-state index in [9.17, 15) is 4.79 Å². The van der Waals surface area contributed by atoms with Gasteiger partial charge in [-0.15, -0.1) is 0 Å². The number of hydrogen-bond acceptors (Lipinski definition) is 3. The van der Waals surface area contributed by atoms with E-state index in [2.05, 4.69) is 29.5 Å². The fraction of sp³-hybridized carbons (Fsp3) is 0.636. The highest BCUT2D eigenvalue weighted by Crippen LogP contribution is 2.19. The van der Waals surface area contributed by atoms with Gasteiger partial charge < -0.3 is 10.6 Å². The molecule has 1 saturated carbocycles. The molecule has 4 nitrogen and oxygen atoms in total. The second-order valence-electron chi connectivity index (χ2n) is 4.42. The molecule has 0 spiro atoms. The highest BCUT2D eigenvalue weighted by molar-refractivity contribution is 6.06. The first-order valence-electron chi connectivity index (χ1n) is 5.47. The van der Waals surface area contributed by atoms with Gasteiger partial charge in [0.05, 0.1) is 6.54 Å². The van der Waals surface area contributed by atoms with Crippen molar-refractivity contribution in [3.05, 3.63) is 11.6 Å². The molecule has 15 heavy (non-hydrogen) atoms. The minimum atomic E-state index is 0.0433. The SMILES string of the molecule is CC(C)NC1=NCC(C(=O)NC2CC2)=C1. The summed E-state index contributed by atoms with van der Waals surface area (Å²) in [4.78, 5) is 15.9. The number of nitrogens with one attached hydrogen (secondary N) is 2. The van der Waals surface area contributed by atoms with Gasteiger partial charge in [0, 0.05) is 17.7 Å². The molecular formula is C11H17N3O. The molecule has 1 heterocycles. The Hall–Kier alpha value is -1.32. The summed E-state index contributed by atoms with van der Waals surface area (Å²) in [5.74, 6) is 0.868. The van der Waals surface area contributed by atoms with Crippen LogP contribution >= 0.6 is 0 Å². The zero-order valence-corrected chi connectivity index (χ0v) is 9.21. The summed E-state index contributed by atoms with van der Waals surface area (Å²) in [5, 5.41) is 6.15. The minimum Gasteiger partial charge on any atom is -0.368 e. The van der Waals surface area contributed by atoms with Crippen molar-refractivity contribution in [1.29, 1.82) is 0 Å². The molecular weight excluding hydrogens is 190 g/mol. The standard InChI is InChI=1S/C11H17N3O/c1-7(2)13-10-5-8(6-12-10)11(15)14-9-3-4-9/h5,7,9H,3-4,6H2,1-2H3,(H,12,13)(H,14,15). The molecule has 0 aromatic heterocycles. The third-order valence-corrected chi connectivity index (χ3v) is 2.37. The van der Waals surface area contributed by atoms with Crippen LogP contribution in [0, 0.1) is 0 Å². The van der Waals surface area contributed by atoms with Crippen molar-refractivity contribution in [2.24, 2.45) is 4.99 Å². The van der Waals surface area contributed by atoms with Crippen LogP contribution in [0.1, 0.15) is 26.7 Å². The molecule has 1 aliphatic heterocycles.